The zero-order valence-electron chi connectivity index (χ0n) is 26.7. The summed E-state index contributed by atoms with van der Waals surface area (Å²) < 4.78 is 7.04. The summed E-state index contributed by atoms with van der Waals surface area (Å²) in [6.07, 6.45) is -3.08. The van der Waals surface area contributed by atoms with Gasteiger partial charge in [0.1, 0.15) is 17.0 Å². The summed E-state index contributed by atoms with van der Waals surface area (Å²) >= 11 is 0. The molecule has 1 aromatic heterocycles. The van der Waals surface area contributed by atoms with Crippen LogP contribution in [0.3, 0.4) is 0 Å². The number of nitrogens with zero attached hydrogens (tertiary/aromatic N) is 2. The molecule has 0 aliphatic carbocycles. The summed E-state index contributed by atoms with van der Waals surface area (Å²) in [5.74, 6) is 0.570. The van der Waals surface area contributed by atoms with E-state index >= 15 is 0 Å². The number of rotatable bonds is 13. The number of carboxylic acid groups (broad SMARTS) is 2. The number of aromatic nitrogens is 2. The third kappa shape index (κ3) is 9.01. The third-order valence-electron chi connectivity index (χ3n) is 7.27. The third-order valence-corrected chi connectivity index (χ3v) is 7.27. The second-order valence-electron chi connectivity index (χ2n) is 11.8. The average Bonchev–Trinajstić information content (AvgIpc) is 3.38. The lowest BCUT2D eigenvalue weighted by Gasteiger charge is -2.38. The zero-order valence-corrected chi connectivity index (χ0v) is 26.7. The maximum Gasteiger partial charge on any atom is 0.407 e. The molecule has 248 valence electrons. The molecule has 3 aromatic carbocycles. The van der Waals surface area contributed by atoms with Gasteiger partial charge >= 0.3 is 18.3 Å². The Balaban J connectivity index is 1.82. The number of amides is 3. The highest BCUT2D eigenvalue weighted by Gasteiger charge is 2.38. The molecule has 0 radical (unpaired) electrons. The van der Waals surface area contributed by atoms with Crippen LogP contribution in [0.25, 0.3) is 0 Å². The standard InChI is InChI=1S/C34H41N7O6/c1-33(2,3)47-32(46)35-21-20-27(37-29(38-30(42)43)39-31(44)45)26-22-36-41(4)28(26)40-34(23-14-8-5-9-15-23,24-16-10-6-11-17-24)25-18-12-7-13-19-25/h5-19,22,27,29,37-40H,20-21H2,1-4H3,(H,35,46)(H,42,43)(H,44,45). The predicted molar refractivity (Wildman–Crippen MR) is 177 cm³/mol. The summed E-state index contributed by atoms with van der Waals surface area (Å²) in [5, 5.41) is 37.3. The molecule has 3 amide bonds. The van der Waals surface area contributed by atoms with Crippen molar-refractivity contribution < 1.29 is 29.3 Å². The van der Waals surface area contributed by atoms with Crippen LogP contribution in [0.2, 0.25) is 0 Å². The summed E-state index contributed by atoms with van der Waals surface area (Å²) in [6.45, 7) is 5.36. The largest absolute Gasteiger partial charge is 0.465 e. The van der Waals surface area contributed by atoms with Gasteiger partial charge in [-0.1, -0.05) is 91.0 Å². The van der Waals surface area contributed by atoms with Crippen molar-refractivity contribution in [1.29, 1.82) is 0 Å². The minimum absolute atomic E-state index is 0.106. The molecule has 47 heavy (non-hydrogen) atoms. The topological polar surface area (TPSA) is 179 Å². The van der Waals surface area contributed by atoms with Crippen molar-refractivity contribution in [2.24, 2.45) is 7.05 Å². The molecule has 13 heteroatoms. The van der Waals surface area contributed by atoms with Crippen molar-refractivity contribution >= 4 is 24.1 Å². The van der Waals surface area contributed by atoms with Crippen LogP contribution in [0.5, 0.6) is 0 Å². The summed E-state index contributed by atoms with van der Waals surface area (Å²) in [6, 6.07) is 29.1. The van der Waals surface area contributed by atoms with E-state index in [0.717, 1.165) is 16.7 Å². The molecule has 4 rings (SSSR count). The van der Waals surface area contributed by atoms with Crippen LogP contribution in [0.4, 0.5) is 20.2 Å². The highest BCUT2D eigenvalue weighted by Crippen LogP contribution is 2.41. The van der Waals surface area contributed by atoms with Crippen LogP contribution in [-0.2, 0) is 17.3 Å². The van der Waals surface area contributed by atoms with E-state index in [1.807, 2.05) is 91.0 Å². The fraction of sp³-hybridized carbons (Fsp3) is 0.294. The number of carbonyl (C=O) groups excluding carboxylic acids is 1. The summed E-state index contributed by atoms with van der Waals surface area (Å²) in [4.78, 5) is 35.6. The first kappa shape index (κ1) is 34.3. The highest BCUT2D eigenvalue weighted by molar-refractivity contribution is 5.69. The first-order chi connectivity index (χ1) is 22.4. The molecular formula is C34H41N7O6. The number of hydrogen-bond donors (Lipinski definition) is 7. The van der Waals surface area contributed by atoms with Crippen molar-refractivity contribution in [3.05, 3.63) is 119 Å². The smallest absolute Gasteiger partial charge is 0.407 e. The Kier molecular flexibility index (Phi) is 11.1. The van der Waals surface area contributed by atoms with Crippen LogP contribution in [0.15, 0.2) is 97.2 Å². The second-order valence-corrected chi connectivity index (χ2v) is 11.8. The van der Waals surface area contributed by atoms with Crippen LogP contribution in [-0.4, -0.2) is 56.7 Å². The Hall–Kier alpha value is -5.56. The highest BCUT2D eigenvalue weighted by atomic mass is 16.6. The number of hydrogen-bond acceptors (Lipinski definition) is 7. The lowest BCUT2D eigenvalue weighted by atomic mass is 9.77. The van der Waals surface area contributed by atoms with Crippen molar-refractivity contribution in [3.8, 4) is 0 Å². The Morgan fingerprint density at radius 1 is 0.809 bits per heavy atom. The van der Waals surface area contributed by atoms with Crippen molar-refractivity contribution in [2.45, 2.75) is 50.7 Å². The molecule has 0 saturated carbocycles. The minimum atomic E-state index is -1.44. The number of ether oxygens (including phenoxy) is 1. The van der Waals surface area contributed by atoms with E-state index in [0.29, 0.717) is 11.4 Å². The van der Waals surface area contributed by atoms with E-state index in [9.17, 15) is 24.6 Å². The molecular weight excluding hydrogens is 602 g/mol. The van der Waals surface area contributed by atoms with Gasteiger partial charge in [0, 0.05) is 25.2 Å². The Bertz CT molecular complexity index is 1510. The van der Waals surface area contributed by atoms with Crippen molar-refractivity contribution in [3.63, 3.8) is 0 Å². The monoisotopic (exact) mass is 643 g/mol. The molecule has 0 spiro atoms. The fourth-order valence-electron chi connectivity index (χ4n) is 5.35. The lowest BCUT2D eigenvalue weighted by Crippen LogP contribution is -2.57. The number of anilines is 1. The number of carbonyl (C=O) groups is 3. The molecule has 0 bridgehead atoms. The van der Waals surface area contributed by atoms with Gasteiger partial charge in [-0.25, -0.2) is 14.4 Å². The quantitative estimate of drug-likeness (QED) is 0.0763. The molecule has 7 N–H and O–H groups in total. The molecule has 0 aliphatic heterocycles. The summed E-state index contributed by atoms with van der Waals surface area (Å²) in [5.41, 5.74) is 1.79. The number of alkyl carbamates (subject to hydrolysis) is 1. The van der Waals surface area contributed by atoms with E-state index in [-0.39, 0.29) is 13.0 Å². The van der Waals surface area contributed by atoms with E-state index in [1.165, 1.54) is 0 Å². The molecule has 1 heterocycles. The van der Waals surface area contributed by atoms with Gasteiger partial charge < -0.3 is 25.6 Å². The van der Waals surface area contributed by atoms with E-state index in [2.05, 4.69) is 31.7 Å². The predicted octanol–water partition coefficient (Wildman–Crippen LogP) is 5.19. The molecule has 13 nitrogen and oxygen atoms in total. The van der Waals surface area contributed by atoms with Crippen LogP contribution >= 0.6 is 0 Å². The van der Waals surface area contributed by atoms with Crippen LogP contribution in [0, 0.1) is 0 Å². The number of aryl methyl sites for hydroxylation is 1. The Morgan fingerprint density at radius 2 is 1.28 bits per heavy atom. The normalized spacial score (nSPS) is 12.2. The molecule has 0 aliphatic rings. The van der Waals surface area contributed by atoms with Crippen LogP contribution < -0.4 is 26.6 Å². The van der Waals surface area contributed by atoms with E-state index in [1.54, 1.807) is 38.7 Å². The summed E-state index contributed by atoms with van der Waals surface area (Å²) in [7, 11) is 1.77. The first-order valence-electron chi connectivity index (χ1n) is 15.1. The SMILES string of the molecule is Cn1ncc(C(CCNC(=O)OC(C)(C)C)NC(NC(=O)O)NC(=O)O)c1NC(c1ccccc1)(c1ccccc1)c1ccccc1. The maximum absolute atomic E-state index is 12.5. The molecule has 1 atom stereocenters. The van der Waals surface area contributed by atoms with Crippen molar-refractivity contribution in [2.75, 3.05) is 11.9 Å². The zero-order chi connectivity index (χ0) is 34.0. The van der Waals surface area contributed by atoms with Crippen LogP contribution in [0.1, 0.15) is 55.5 Å². The number of nitrogens with one attached hydrogen (secondary N) is 5. The Labute approximate surface area is 273 Å². The van der Waals surface area contributed by atoms with Gasteiger partial charge in [0.05, 0.1) is 6.20 Å². The van der Waals surface area contributed by atoms with E-state index in [4.69, 9.17) is 4.74 Å². The average molecular weight is 644 g/mol. The lowest BCUT2D eigenvalue weighted by molar-refractivity contribution is 0.0525. The second kappa shape index (κ2) is 15.1. The number of benzene rings is 3. The minimum Gasteiger partial charge on any atom is -0.465 e. The first-order valence-corrected chi connectivity index (χ1v) is 15.1. The maximum atomic E-state index is 12.5. The molecule has 4 aromatic rings. The Morgan fingerprint density at radius 3 is 1.70 bits per heavy atom. The van der Waals surface area contributed by atoms with E-state index < -0.39 is 41.8 Å². The van der Waals surface area contributed by atoms with Gasteiger partial charge in [-0.05, 0) is 43.9 Å². The van der Waals surface area contributed by atoms with Crippen molar-refractivity contribution in [1.82, 2.24) is 31.0 Å². The molecule has 0 saturated heterocycles. The van der Waals surface area contributed by atoms with Gasteiger partial charge in [0.25, 0.3) is 0 Å². The van der Waals surface area contributed by atoms with Gasteiger partial charge in [-0.15, -0.1) is 0 Å². The molecule has 0 fully saturated rings. The van der Waals surface area contributed by atoms with Gasteiger partial charge in [-0.2, -0.15) is 5.10 Å². The fourth-order valence-corrected chi connectivity index (χ4v) is 5.35. The van der Waals surface area contributed by atoms with Gasteiger partial charge in [0.15, 0.2) is 6.29 Å². The molecule has 1 unspecified atom stereocenters. The van der Waals surface area contributed by atoms with Gasteiger partial charge in [-0.3, -0.25) is 20.6 Å². The van der Waals surface area contributed by atoms with Gasteiger partial charge in [0.2, 0.25) is 0 Å².